The van der Waals surface area contributed by atoms with Gasteiger partial charge in [-0.15, -0.1) is 9.81 Å². The molecule has 2 fully saturated rings. The molecule has 2 aliphatic heterocycles. The standard InChI is InChI=1S/C45H48ClN9O9S/c1-45(2)15-11-33(39(26-45)31-3-5-34(46)6-4-31)29-51-17-19-52(20-18-51)35-7-9-38(42(24-35)64-36-23-32-12-16-53(49-57)43(32)47-27-36)44(56)48-65(61,62)37-8-10-40(41(25-37)55(59)60)54(50-58)28-30-13-21-63-22-14-30/h3-10,12,16,23-25,27,30H,11,13-15,17-22,26,28-29H2,1-2H3,(H,48,56). The predicted molar refractivity (Wildman–Crippen MR) is 247 cm³/mol. The zero-order valence-corrected chi connectivity index (χ0v) is 37.5. The summed E-state index contributed by atoms with van der Waals surface area (Å²) in [6.45, 7) is 9.36. The van der Waals surface area contributed by atoms with Crippen LogP contribution in [0.5, 0.6) is 11.5 Å². The maximum absolute atomic E-state index is 14.0. The highest BCUT2D eigenvalue weighted by Crippen LogP contribution is 2.44. The molecule has 4 heterocycles. The van der Waals surface area contributed by atoms with E-state index in [0.717, 1.165) is 72.5 Å². The number of aromatic nitrogens is 2. The van der Waals surface area contributed by atoms with Crippen LogP contribution in [0.2, 0.25) is 5.02 Å². The fourth-order valence-corrected chi connectivity index (χ4v) is 9.85. The Kier molecular flexibility index (Phi) is 13.3. The number of sulfonamides is 1. The predicted octanol–water partition coefficient (Wildman–Crippen LogP) is 8.74. The van der Waals surface area contributed by atoms with Crippen LogP contribution < -0.4 is 19.4 Å². The first-order valence-corrected chi connectivity index (χ1v) is 23.2. The van der Waals surface area contributed by atoms with Gasteiger partial charge in [0.2, 0.25) is 0 Å². The van der Waals surface area contributed by atoms with Crippen LogP contribution in [-0.4, -0.2) is 86.3 Å². The minimum atomic E-state index is -4.72. The van der Waals surface area contributed by atoms with Crippen molar-refractivity contribution in [1.29, 1.82) is 0 Å². The smallest absolute Gasteiger partial charge is 0.295 e. The van der Waals surface area contributed by atoms with Crippen molar-refractivity contribution >= 4 is 61.2 Å². The Bertz CT molecular complexity index is 2770. The van der Waals surface area contributed by atoms with Gasteiger partial charge in [-0.2, -0.15) is 4.68 Å². The SMILES string of the molecule is CC1(C)CCC(CN2CCN(c3ccc(C(=O)NS(=O)(=O)c4ccc(N(CC5CCOCC5)N=O)c([N+](=O)[O-])c4)c(Oc4cnc5c(ccn5N=O)c4)c3)CC2)=C(c2ccc(Cl)cc2)C1. The highest BCUT2D eigenvalue weighted by molar-refractivity contribution is 7.90. The second-order valence-corrected chi connectivity index (χ2v) is 19.5. The van der Waals surface area contributed by atoms with Crippen molar-refractivity contribution in [3.05, 3.63) is 127 Å². The molecule has 1 aliphatic carbocycles. The second kappa shape index (κ2) is 19.1. The fourth-order valence-electron chi connectivity index (χ4n) is 8.74. The molecule has 5 aromatic rings. The number of halogens is 1. The number of carbonyl (C=O) groups is 1. The van der Waals surface area contributed by atoms with E-state index in [9.17, 15) is 33.1 Å². The monoisotopic (exact) mass is 925 g/mol. The number of nitro benzene ring substituents is 1. The molecule has 340 valence electrons. The molecule has 0 radical (unpaired) electrons. The molecule has 65 heavy (non-hydrogen) atoms. The minimum absolute atomic E-state index is 0.0106. The van der Waals surface area contributed by atoms with Gasteiger partial charge >= 0.3 is 0 Å². The Morgan fingerprint density at radius 2 is 1.78 bits per heavy atom. The average molecular weight is 926 g/mol. The van der Waals surface area contributed by atoms with Crippen molar-refractivity contribution in [2.24, 2.45) is 21.9 Å². The van der Waals surface area contributed by atoms with Crippen molar-refractivity contribution in [3.63, 3.8) is 0 Å². The van der Waals surface area contributed by atoms with E-state index in [1.165, 1.54) is 35.2 Å². The number of pyridine rings is 1. The molecule has 2 saturated heterocycles. The molecule has 1 N–H and O–H groups in total. The highest BCUT2D eigenvalue weighted by atomic mass is 35.5. The van der Waals surface area contributed by atoms with Gasteiger partial charge in [-0.25, -0.2) is 23.1 Å². The summed E-state index contributed by atoms with van der Waals surface area (Å²) in [4.78, 5) is 56.9. The lowest BCUT2D eigenvalue weighted by Gasteiger charge is -2.39. The zero-order valence-electron chi connectivity index (χ0n) is 35.9. The number of ether oxygens (including phenoxy) is 2. The third-order valence-electron chi connectivity index (χ3n) is 12.4. The van der Waals surface area contributed by atoms with Gasteiger partial charge in [0.25, 0.3) is 21.6 Å². The number of allylic oxidation sites excluding steroid dienone is 1. The molecule has 0 spiro atoms. The normalized spacial score (nSPS) is 17.2. The molecule has 0 saturated carbocycles. The van der Waals surface area contributed by atoms with E-state index in [4.69, 9.17) is 21.1 Å². The third kappa shape index (κ3) is 10.3. The topological polar surface area (TPSA) is 211 Å². The maximum Gasteiger partial charge on any atom is 0.295 e. The summed E-state index contributed by atoms with van der Waals surface area (Å²) in [5.74, 6) is -0.878. The molecule has 3 aromatic carbocycles. The second-order valence-electron chi connectivity index (χ2n) is 17.4. The highest BCUT2D eigenvalue weighted by Gasteiger charge is 2.32. The van der Waals surface area contributed by atoms with Gasteiger partial charge in [-0.05, 0) is 103 Å². The van der Waals surface area contributed by atoms with Gasteiger partial charge < -0.3 is 14.4 Å². The Balaban J connectivity index is 1.03. The van der Waals surface area contributed by atoms with Gasteiger partial charge in [-0.1, -0.05) is 43.2 Å². The summed E-state index contributed by atoms with van der Waals surface area (Å²) in [5.41, 5.74) is 4.21. The molecule has 0 bridgehead atoms. The third-order valence-corrected chi connectivity index (χ3v) is 13.9. The van der Waals surface area contributed by atoms with Crippen LogP contribution in [0.3, 0.4) is 0 Å². The van der Waals surface area contributed by atoms with Gasteiger partial charge in [0.05, 0.1) is 32.2 Å². The quantitative estimate of drug-likeness (QED) is 0.0592. The van der Waals surface area contributed by atoms with Crippen LogP contribution in [0, 0.1) is 31.3 Å². The summed E-state index contributed by atoms with van der Waals surface area (Å²) in [5, 5.41) is 20.3. The van der Waals surface area contributed by atoms with Crippen molar-refractivity contribution in [2.75, 3.05) is 62.4 Å². The lowest BCUT2D eigenvalue weighted by Crippen LogP contribution is -2.47. The molecular formula is C45H48ClN9O9S. The molecule has 8 rings (SSSR count). The van der Waals surface area contributed by atoms with Crippen molar-refractivity contribution < 1.29 is 27.6 Å². The van der Waals surface area contributed by atoms with Gasteiger partial charge in [-0.3, -0.25) is 19.8 Å². The summed E-state index contributed by atoms with van der Waals surface area (Å²) in [6.07, 6.45) is 7.15. The molecule has 18 nitrogen and oxygen atoms in total. The number of nitroso groups, excluding NO2 is 2. The number of hydrogen-bond donors (Lipinski definition) is 1. The van der Waals surface area contributed by atoms with E-state index >= 15 is 0 Å². The Morgan fingerprint density at radius 1 is 1.03 bits per heavy atom. The molecule has 0 unspecified atom stereocenters. The van der Waals surface area contributed by atoms with Gasteiger partial charge in [0.1, 0.15) is 17.2 Å². The van der Waals surface area contributed by atoms with E-state index in [1.807, 2.05) is 16.9 Å². The summed E-state index contributed by atoms with van der Waals surface area (Å²) in [6, 6.07) is 19.1. The number of nitrogens with one attached hydrogen (secondary N) is 1. The molecule has 1 amide bonds. The number of piperazine rings is 1. The Morgan fingerprint density at radius 3 is 2.49 bits per heavy atom. The number of nitrogens with zero attached hydrogens (tertiary/aromatic N) is 8. The van der Waals surface area contributed by atoms with E-state index in [0.29, 0.717) is 49.6 Å². The van der Waals surface area contributed by atoms with Crippen LogP contribution in [-0.2, 0) is 14.8 Å². The Labute approximate surface area is 380 Å². The number of amides is 1. The van der Waals surface area contributed by atoms with E-state index in [-0.39, 0.29) is 46.3 Å². The minimum Gasteiger partial charge on any atom is -0.455 e. The number of nitro groups is 1. The number of rotatable bonds is 15. The van der Waals surface area contributed by atoms with E-state index in [2.05, 4.69) is 51.3 Å². The first-order chi connectivity index (χ1) is 31.2. The molecule has 20 heteroatoms. The Hall–Kier alpha value is -6.28. The van der Waals surface area contributed by atoms with E-state index in [1.54, 1.807) is 24.3 Å². The van der Waals surface area contributed by atoms with Crippen LogP contribution in [0.25, 0.3) is 16.6 Å². The molecular weight excluding hydrogens is 878 g/mol. The van der Waals surface area contributed by atoms with Crippen molar-refractivity contribution in [2.45, 2.75) is 50.8 Å². The summed E-state index contributed by atoms with van der Waals surface area (Å²) < 4.78 is 42.3. The first-order valence-electron chi connectivity index (χ1n) is 21.3. The first kappa shape index (κ1) is 45.3. The average Bonchev–Trinajstić information content (AvgIpc) is 3.71. The summed E-state index contributed by atoms with van der Waals surface area (Å²) >= 11 is 6.23. The molecule has 3 aliphatic rings. The summed E-state index contributed by atoms with van der Waals surface area (Å²) in [7, 11) is -4.72. The number of fused-ring (bicyclic) bond motifs is 1. The largest absolute Gasteiger partial charge is 0.455 e. The van der Waals surface area contributed by atoms with Gasteiger partial charge in [0.15, 0.2) is 5.65 Å². The van der Waals surface area contributed by atoms with Crippen LogP contribution in [0.1, 0.15) is 61.9 Å². The molecule has 0 atom stereocenters. The van der Waals surface area contributed by atoms with E-state index < -0.39 is 31.4 Å². The number of hydrogen-bond acceptors (Lipinski definition) is 14. The fraction of sp³-hybridized carbons (Fsp3) is 0.378. The zero-order chi connectivity index (χ0) is 45.9. The van der Waals surface area contributed by atoms with Crippen molar-refractivity contribution in [1.82, 2.24) is 19.3 Å². The van der Waals surface area contributed by atoms with Crippen LogP contribution in [0.15, 0.2) is 106 Å². The lowest BCUT2D eigenvalue weighted by molar-refractivity contribution is -0.384. The van der Waals surface area contributed by atoms with Crippen LogP contribution >= 0.6 is 11.6 Å². The number of carbonyl (C=O) groups excluding carboxylic acids is 1. The number of anilines is 2. The maximum atomic E-state index is 14.0. The van der Waals surface area contributed by atoms with Crippen molar-refractivity contribution in [3.8, 4) is 11.5 Å². The number of benzene rings is 3. The molecule has 2 aromatic heterocycles. The lowest BCUT2D eigenvalue weighted by atomic mass is 9.72. The van der Waals surface area contributed by atoms with Gasteiger partial charge in [0, 0.05) is 86.9 Å². The van der Waals surface area contributed by atoms with Crippen LogP contribution in [0.4, 0.5) is 17.1 Å².